The zero-order valence-corrected chi connectivity index (χ0v) is 16.3. The molecule has 1 aliphatic rings. The van der Waals surface area contributed by atoms with E-state index in [0.717, 1.165) is 5.69 Å². The third-order valence-corrected chi connectivity index (χ3v) is 5.54. The average Bonchev–Trinajstić information content (AvgIpc) is 3.18. The van der Waals surface area contributed by atoms with Gasteiger partial charge in [0.2, 0.25) is 5.13 Å². The molecule has 27 heavy (non-hydrogen) atoms. The number of carbonyl (C=O) groups is 1. The molecule has 2 aromatic rings. The van der Waals surface area contributed by atoms with E-state index in [2.05, 4.69) is 9.98 Å². The Balaban J connectivity index is 1.84. The SMILES string of the molecule is CCN1C(=O)/C(=C/C=C/c2ccccc2[N+](=O)[O-])S/C1=N/c1nc(C)cs1. The van der Waals surface area contributed by atoms with Crippen LogP contribution in [0.4, 0.5) is 10.8 Å². The quantitative estimate of drug-likeness (QED) is 0.418. The van der Waals surface area contributed by atoms with Crippen molar-refractivity contribution in [2.45, 2.75) is 13.8 Å². The van der Waals surface area contributed by atoms with E-state index in [9.17, 15) is 14.9 Å². The minimum atomic E-state index is -0.429. The number of allylic oxidation sites excluding steroid dienone is 2. The zero-order chi connectivity index (χ0) is 19.4. The number of nitro groups is 1. The van der Waals surface area contributed by atoms with Crippen LogP contribution >= 0.6 is 23.1 Å². The Bertz CT molecular complexity index is 978. The van der Waals surface area contributed by atoms with Crippen LogP contribution in [0.1, 0.15) is 18.2 Å². The topological polar surface area (TPSA) is 88.7 Å². The maximum absolute atomic E-state index is 12.6. The molecule has 9 heteroatoms. The Morgan fingerprint density at radius 3 is 2.81 bits per heavy atom. The summed E-state index contributed by atoms with van der Waals surface area (Å²) in [5.74, 6) is -0.137. The summed E-state index contributed by atoms with van der Waals surface area (Å²) in [6.45, 7) is 4.27. The minimum absolute atomic E-state index is 0.0223. The largest absolute Gasteiger partial charge is 0.287 e. The number of amides is 1. The number of aromatic nitrogens is 1. The van der Waals surface area contributed by atoms with E-state index < -0.39 is 4.92 Å². The van der Waals surface area contributed by atoms with Crippen molar-refractivity contribution >= 4 is 51.1 Å². The number of benzene rings is 1. The van der Waals surface area contributed by atoms with Crippen molar-refractivity contribution in [2.24, 2.45) is 4.99 Å². The predicted octanol–water partition coefficient (Wildman–Crippen LogP) is 4.54. The molecule has 138 valence electrons. The normalized spacial score (nSPS) is 17.6. The van der Waals surface area contributed by atoms with Gasteiger partial charge in [0.05, 0.1) is 21.1 Å². The lowest BCUT2D eigenvalue weighted by atomic mass is 10.1. The van der Waals surface area contributed by atoms with Gasteiger partial charge in [-0.2, -0.15) is 4.99 Å². The van der Waals surface area contributed by atoms with Crippen LogP contribution in [0, 0.1) is 17.0 Å². The monoisotopic (exact) mass is 400 g/mol. The molecule has 1 aromatic carbocycles. The fourth-order valence-electron chi connectivity index (χ4n) is 2.39. The summed E-state index contributed by atoms with van der Waals surface area (Å²) in [6, 6.07) is 6.45. The van der Waals surface area contributed by atoms with E-state index in [4.69, 9.17) is 0 Å². The number of amidine groups is 1. The molecule has 1 saturated heterocycles. The molecular weight excluding hydrogens is 384 g/mol. The van der Waals surface area contributed by atoms with Crippen LogP contribution in [0.2, 0.25) is 0 Å². The van der Waals surface area contributed by atoms with E-state index >= 15 is 0 Å². The Labute approximate surface area is 164 Å². The predicted molar refractivity (Wildman–Crippen MR) is 109 cm³/mol. The summed E-state index contributed by atoms with van der Waals surface area (Å²) in [5, 5.41) is 14.2. The molecule has 0 atom stereocenters. The summed E-state index contributed by atoms with van der Waals surface area (Å²) in [4.78, 5) is 34.1. The second kappa shape index (κ2) is 8.28. The highest BCUT2D eigenvalue weighted by molar-refractivity contribution is 8.18. The van der Waals surface area contributed by atoms with Crippen LogP contribution in [0.25, 0.3) is 6.08 Å². The molecule has 1 fully saturated rings. The number of carbonyl (C=O) groups excluding carboxylic acids is 1. The van der Waals surface area contributed by atoms with Gasteiger partial charge in [-0.15, -0.1) is 11.3 Å². The van der Waals surface area contributed by atoms with Gasteiger partial charge in [-0.1, -0.05) is 18.2 Å². The van der Waals surface area contributed by atoms with Crippen molar-refractivity contribution in [2.75, 3.05) is 6.54 Å². The summed E-state index contributed by atoms with van der Waals surface area (Å²) in [6.07, 6.45) is 4.92. The first-order valence-corrected chi connectivity index (χ1v) is 9.81. The molecule has 1 amide bonds. The van der Waals surface area contributed by atoms with Gasteiger partial charge in [0, 0.05) is 18.0 Å². The standard InChI is InChI=1S/C18H16N4O3S2/c1-3-21-16(23)15(27-18(21)20-17-19-12(2)11-26-17)10-6-8-13-7-4-5-9-14(13)22(24)25/h4-11H,3H2,1-2H3/b8-6+,15-10-,20-18+. The molecule has 0 aliphatic carbocycles. The van der Waals surface area contributed by atoms with Crippen molar-refractivity contribution < 1.29 is 9.72 Å². The van der Waals surface area contributed by atoms with Crippen LogP contribution in [0.15, 0.2) is 51.7 Å². The van der Waals surface area contributed by atoms with Gasteiger partial charge < -0.3 is 0 Å². The molecule has 1 aromatic heterocycles. The third-order valence-electron chi connectivity index (χ3n) is 3.66. The number of para-hydroxylation sites is 1. The molecule has 7 nitrogen and oxygen atoms in total. The van der Waals surface area contributed by atoms with E-state index in [1.807, 2.05) is 19.2 Å². The van der Waals surface area contributed by atoms with Gasteiger partial charge in [0.15, 0.2) is 5.17 Å². The highest BCUT2D eigenvalue weighted by Gasteiger charge is 2.32. The van der Waals surface area contributed by atoms with Crippen molar-refractivity contribution in [3.63, 3.8) is 0 Å². The van der Waals surface area contributed by atoms with Crippen molar-refractivity contribution in [3.8, 4) is 0 Å². The third kappa shape index (κ3) is 4.32. The van der Waals surface area contributed by atoms with Crippen molar-refractivity contribution in [1.29, 1.82) is 0 Å². The molecule has 0 bridgehead atoms. The van der Waals surface area contributed by atoms with Crippen LogP contribution in [0.5, 0.6) is 0 Å². The first-order valence-electron chi connectivity index (χ1n) is 8.12. The molecule has 0 saturated carbocycles. The number of thiazole rings is 1. The number of rotatable bonds is 5. The second-order valence-electron chi connectivity index (χ2n) is 5.52. The Hall–Kier alpha value is -2.78. The van der Waals surface area contributed by atoms with Crippen LogP contribution in [-0.2, 0) is 4.79 Å². The van der Waals surface area contributed by atoms with E-state index in [1.165, 1.54) is 29.2 Å². The molecule has 0 spiro atoms. The average molecular weight is 400 g/mol. The highest BCUT2D eigenvalue weighted by atomic mass is 32.2. The molecule has 0 N–H and O–H groups in total. The van der Waals surface area contributed by atoms with Gasteiger partial charge in [0.1, 0.15) is 0 Å². The van der Waals surface area contributed by atoms with E-state index in [1.54, 1.807) is 41.3 Å². The lowest BCUT2D eigenvalue weighted by Gasteiger charge is -2.11. The summed E-state index contributed by atoms with van der Waals surface area (Å²) >= 11 is 2.69. The molecule has 1 aliphatic heterocycles. The van der Waals surface area contributed by atoms with Gasteiger partial charge in [-0.3, -0.25) is 19.8 Å². The number of hydrogen-bond donors (Lipinski definition) is 0. The number of nitrogens with zero attached hydrogens (tertiary/aromatic N) is 4. The number of thioether (sulfide) groups is 1. The van der Waals surface area contributed by atoms with Gasteiger partial charge in [-0.25, -0.2) is 4.98 Å². The molecule has 0 radical (unpaired) electrons. The summed E-state index contributed by atoms with van der Waals surface area (Å²) < 4.78 is 0. The van der Waals surface area contributed by atoms with Crippen LogP contribution in [-0.4, -0.2) is 32.4 Å². The summed E-state index contributed by atoms with van der Waals surface area (Å²) in [5.41, 5.74) is 1.39. The van der Waals surface area contributed by atoms with Crippen LogP contribution in [0.3, 0.4) is 0 Å². The number of likely N-dealkylation sites (N-methyl/N-ethyl adjacent to an activating group) is 1. The smallest absolute Gasteiger partial charge is 0.276 e. The maximum atomic E-state index is 12.6. The maximum Gasteiger partial charge on any atom is 0.276 e. The molecule has 3 rings (SSSR count). The molecule has 2 heterocycles. The summed E-state index contributed by atoms with van der Waals surface area (Å²) in [7, 11) is 0. The lowest BCUT2D eigenvalue weighted by molar-refractivity contribution is -0.385. The number of aliphatic imine (C=N–C) groups is 1. The van der Waals surface area contributed by atoms with Crippen molar-refractivity contribution in [3.05, 3.63) is 68.1 Å². The fraction of sp³-hybridized carbons (Fsp3) is 0.167. The first kappa shape index (κ1) is 19.0. The fourth-order valence-corrected chi connectivity index (χ4v) is 4.11. The van der Waals surface area contributed by atoms with Crippen LogP contribution < -0.4 is 0 Å². The minimum Gasteiger partial charge on any atom is -0.287 e. The van der Waals surface area contributed by atoms with E-state index in [0.29, 0.717) is 27.3 Å². The second-order valence-corrected chi connectivity index (χ2v) is 7.37. The van der Waals surface area contributed by atoms with E-state index in [-0.39, 0.29) is 11.6 Å². The number of aryl methyl sites for hydroxylation is 1. The van der Waals surface area contributed by atoms with Gasteiger partial charge >= 0.3 is 0 Å². The molecule has 0 unspecified atom stereocenters. The Morgan fingerprint density at radius 1 is 1.37 bits per heavy atom. The Kier molecular flexibility index (Phi) is 5.82. The Morgan fingerprint density at radius 2 is 2.15 bits per heavy atom. The van der Waals surface area contributed by atoms with Gasteiger partial charge in [0.25, 0.3) is 11.6 Å². The number of nitro benzene ring substituents is 1. The molecular formula is C18H16N4O3S2. The number of hydrogen-bond acceptors (Lipinski definition) is 7. The first-order chi connectivity index (χ1) is 13.0. The van der Waals surface area contributed by atoms with Crippen molar-refractivity contribution in [1.82, 2.24) is 9.88 Å². The van der Waals surface area contributed by atoms with Gasteiger partial charge in [-0.05, 0) is 43.8 Å². The highest BCUT2D eigenvalue weighted by Crippen LogP contribution is 2.33. The lowest BCUT2D eigenvalue weighted by Crippen LogP contribution is -2.28. The zero-order valence-electron chi connectivity index (χ0n) is 14.7.